The van der Waals surface area contributed by atoms with E-state index in [4.69, 9.17) is 0 Å². The zero-order valence-electron chi connectivity index (χ0n) is 15.7. The van der Waals surface area contributed by atoms with Crippen molar-refractivity contribution in [2.75, 3.05) is 0 Å². The lowest BCUT2D eigenvalue weighted by atomic mass is 9.94. The molecule has 0 fully saturated rings. The third-order valence-corrected chi connectivity index (χ3v) is 4.57. The number of rotatable bonds is 5. The van der Waals surface area contributed by atoms with Gasteiger partial charge in [-0.2, -0.15) is 0 Å². The van der Waals surface area contributed by atoms with Gasteiger partial charge in [-0.1, -0.05) is 6.92 Å². The quantitative estimate of drug-likeness (QED) is 0.780. The molecule has 2 aromatic rings. The van der Waals surface area contributed by atoms with Gasteiger partial charge in [-0.15, -0.1) is 0 Å². The fourth-order valence-corrected chi connectivity index (χ4v) is 2.60. The maximum Gasteiger partial charge on any atom is 0.154 e. The largest absolute Gasteiger partial charge is 0.506 e. The molecular formula is C21H22O6. The van der Waals surface area contributed by atoms with Gasteiger partial charge in [-0.05, 0) is 61.6 Å². The maximum atomic E-state index is 10.7. The van der Waals surface area contributed by atoms with Crippen LogP contribution in [-0.4, -0.2) is 35.4 Å². The molecule has 0 aromatic heterocycles. The van der Waals surface area contributed by atoms with Crippen molar-refractivity contribution >= 4 is 25.1 Å². The van der Waals surface area contributed by atoms with Gasteiger partial charge in [0.1, 0.15) is 11.5 Å². The average molecular weight is 370 g/mol. The standard InChI is InChI=1S/C11H12O3.C10H10O3/c1-6-7(2)9(4-12)11(14)10(5-13)8(6)3;1-2-7-3-8(5-11)10(13)9(4-7)6-12/h4-5,14H,1-3H3;3-6,13H,2H2,1H3. The van der Waals surface area contributed by atoms with Gasteiger partial charge in [0.2, 0.25) is 0 Å². The summed E-state index contributed by atoms with van der Waals surface area (Å²) in [5.74, 6) is -0.446. The van der Waals surface area contributed by atoms with Crippen molar-refractivity contribution in [3.05, 3.63) is 56.6 Å². The highest BCUT2D eigenvalue weighted by Gasteiger charge is 2.15. The fraction of sp³-hybridized carbons (Fsp3) is 0.238. The number of aldehydes is 4. The van der Waals surface area contributed by atoms with Crippen molar-refractivity contribution in [2.24, 2.45) is 0 Å². The minimum Gasteiger partial charge on any atom is -0.506 e. The van der Waals surface area contributed by atoms with Crippen LogP contribution >= 0.6 is 0 Å². The predicted octanol–water partition coefficient (Wildman–Crippen LogP) is 3.52. The van der Waals surface area contributed by atoms with Crippen LogP contribution in [0.5, 0.6) is 11.5 Å². The van der Waals surface area contributed by atoms with Crippen molar-refractivity contribution in [1.29, 1.82) is 0 Å². The SMILES string of the molecule is CCc1cc(C=O)c(O)c(C=O)c1.Cc1c(C)c(C=O)c(O)c(C=O)c1C. The molecule has 0 spiro atoms. The lowest BCUT2D eigenvalue weighted by molar-refractivity contribution is 0.110. The van der Waals surface area contributed by atoms with Crippen LogP contribution in [0.3, 0.4) is 0 Å². The van der Waals surface area contributed by atoms with E-state index in [-0.39, 0.29) is 33.8 Å². The van der Waals surface area contributed by atoms with E-state index in [1.54, 1.807) is 26.0 Å². The number of aromatic hydroxyl groups is 2. The van der Waals surface area contributed by atoms with Crippen LogP contribution in [0.25, 0.3) is 0 Å². The van der Waals surface area contributed by atoms with Crippen molar-refractivity contribution in [1.82, 2.24) is 0 Å². The first-order valence-corrected chi connectivity index (χ1v) is 8.26. The lowest BCUT2D eigenvalue weighted by Crippen LogP contribution is -2.00. The molecular weight excluding hydrogens is 348 g/mol. The molecule has 27 heavy (non-hydrogen) atoms. The topological polar surface area (TPSA) is 109 Å². The number of aryl methyl sites for hydroxylation is 1. The zero-order chi connectivity index (χ0) is 20.7. The molecule has 2 aromatic carbocycles. The molecule has 0 aliphatic rings. The number of hydrogen-bond acceptors (Lipinski definition) is 6. The summed E-state index contributed by atoms with van der Waals surface area (Å²) >= 11 is 0. The van der Waals surface area contributed by atoms with Gasteiger partial charge in [-0.25, -0.2) is 0 Å². The molecule has 6 heteroatoms. The van der Waals surface area contributed by atoms with E-state index < -0.39 is 0 Å². The van der Waals surface area contributed by atoms with Gasteiger partial charge in [0, 0.05) is 0 Å². The van der Waals surface area contributed by atoms with E-state index in [1.807, 2.05) is 13.8 Å². The Morgan fingerprint density at radius 1 is 0.704 bits per heavy atom. The molecule has 0 aliphatic carbocycles. The summed E-state index contributed by atoms with van der Waals surface area (Å²) < 4.78 is 0. The first-order valence-electron chi connectivity index (χ1n) is 8.26. The minimum atomic E-state index is -0.234. The second-order valence-corrected chi connectivity index (χ2v) is 6.00. The van der Waals surface area contributed by atoms with Crippen LogP contribution in [0.2, 0.25) is 0 Å². The Kier molecular flexibility index (Phi) is 7.60. The Morgan fingerprint density at radius 3 is 1.41 bits per heavy atom. The van der Waals surface area contributed by atoms with Crippen molar-refractivity contribution in [3.63, 3.8) is 0 Å². The van der Waals surface area contributed by atoms with Crippen LogP contribution in [0, 0.1) is 20.8 Å². The van der Waals surface area contributed by atoms with Gasteiger partial charge in [0.25, 0.3) is 0 Å². The summed E-state index contributed by atoms with van der Waals surface area (Å²) in [4.78, 5) is 42.4. The molecule has 0 amide bonds. The first kappa shape index (κ1) is 21.8. The second-order valence-electron chi connectivity index (χ2n) is 6.00. The minimum absolute atomic E-state index is 0.168. The van der Waals surface area contributed by atoms with Crippen molar-refractivity contribution in [2.45, 2.75) is 34.1 Å². The van der Waals surface area contributed by atoms with Crippen LogP contribution < -0.4 is 0 Å². The Morgan fingerprint density at radius 2 is 1.11 bits per heavy atom. The molecule has 2 N–H and O–H groups in total. The van der Waals surface area contributed by atoms with Crippen molar-refractivity contribution in [3.8, 4) is 11.5 Å². The molecule has 0 radical (unpaired) electrons. The third-order valence-electron chi connectivity index (χ3n) is 4.57. The van der Waals surface area contributed by atoms with Gasteiger partial charge in [-0.3, -0.25) is 19.2 Å². The summed E-state index contributed by atoms with van der Waals surface area (Å²) in [6, 6.07) is 3.16. The van der Waals surface area contributed by atoms with E-state index in [0.717, 1.165) is 28.7 Å². The summed E-state index contributed by atoms with van der Waals surface area (Å²) in [5, 5.41) is 19.0. The molecule has 0 saturated carbocycles. The Labute approximate surface area is 157 Å². The predicted molar refractivity (Wildman–Crippen MR) is 101 cm³/mol. The van der Waals surface area contributed by atoms with Crippen LogP contribution in [-0.2, 0) is 6.42 Å². The zero-order valence-corrected chi connectivity index (χ0v) is 15.7. The lowest BCUT2D eigenvalue weighted by Gasteiger charge is -2.12. The van der Waals surface area contributed by atoms with E-state index in [2.05, 4.69) is 0 Å². The van der Waals surface area contributed by atoms with Gasteiger partial charge >= 0.3 is 0 Å². The molecule has 0 unspecified atom stereocenters. The summed E-state index contributed by atoms with van der Waals surface area (Å²) in [5.41, 5.74) is 3.92. The molecule has 0 saturated heterocycles. The Hall–Kier alpha value is -3.28. The monoisotopic (exact) mass is 370 g/mol. The smallest absolute Gasteiger partial charge is 0.154 e. The summed E-state index contributed by atoms with van der Waals surface area (Å²) in [6.45, 7) is 7.24. The molecule has 0 bridgehead atoms. The van der Waals surface area contributed by atoms with Crippen LogP contribution in [0.4, 0.5) is 0 Å². The molecule has 142 valence electrons. The van der Waals surface area contributed by atoms with Crippen molar-refractivity contribution < 1.29 is 29.4 Å². The number of carbonyl (C=O) groups excluding carboxylic acids is 4. The fourth-order valence-electron chi connectivity index (χ4n) is 2.60. The molecule has 0 heterocycles. The summed E-state index contributed by atoms with van der Waals surface area (Å²) in [7, 11) is 0. The van der Waals surface area contributed by atoms with E-state index in [0.29, 0.717) is 25.1 Å². The number of phenols is 2. The van der Waals surface area contributed by atoms with E-state index in [9.17, 15) is 29.4 Å². The van der Waals surface area contributed by atoms with Gasteiger partial charge < -0.3 is 10.2 Å². The van der Waals surface area contributed by atoms with Gasteiger partial charge in [0.15, 0.2) is 25.1 Å². The maximum absolute atomic E-state index is 10.7. The molecule has 0 atom stereocenters. The molecule has 6 nitrogen and oxygen atoms in total. The normalized spacial score (nSPS) is 9.78. The highest BCUT2D eigenvalue weighted by Crippen LogP contribution is 2.29. The molecule has 2 rings (SSSR count). The Balaban J connectivity index is 0.000000271. The first-order chi connectivity index (χ1) is 12.8. The van der Waals surface area contributed by atoms with Gasteiger partial charge in [0.05, 0.1) is 22.3 Å². The number of carbonyl (C=O) groups is 4. The number of benzene rings is 2. The Bertz CT molecular complexity index is 832. The van der Waals surface area contributed by atoms with E-state index in [1.165, 1.54) is 0 Å². The second kappa shape index (κ2) is 9.43. The summed E-state index contributed by atoms with van der Waals surface area (Å²) in [6.07, 6.45) is 2.96. The number of phenolic OH excluding ortho intramolecular Hbond substituents is 2. The highest BCUT2D eigenvalue weighted by atomic mass is 16.3. The van der Waals surface area contributed by atoms with Crippen LogP contribution in [0.1, 0.15) is 70.6 Å². The molecule has 0 aliphatic heterocycles. The third kappa shape index (κ3) is 4.47. The average Bonchev–Trinajstić information content (AvgIpc) is 2.68. The number of hydrogen-bond donors (Lipinski definition) is 2. The van der Waals surface area contributed by atoms with E-state index >= 15 is 0 Å². The highest BCUT2D eigenvalue weighted by molar-refractivity contribution is 5.92. The van der Waals surface area contributed by atoms with Crippen LogP contribution in [0.15, 0.2) is 12.1 Å².